The molecule has 4 saturated heterocycles. The van der Waals surface area contributed by atoms with E-state index in [1.165, 1.54) is 0 Å². The number of aliphatic hydroxyl groups is 3. The highest BCUT2D eigenvalue weighted by Gasteiger charge is 2.57. The van der Waals surface area contributed by atoms with Gasteiger partial charge in [0, 0.05) is 45.1 Å². The molecule has 2 aromatic rings. The second-order valence-electron chi connectivity index (χ2n) is 14.7. The third-order valence-corrected chi connectivity index (χ3v) is 11.0. The van der Waals surface area contributed by atoms with Crippen LogP contribution in [0.15, 0.2) is 60.7 Å². The van der Waals surface area contributed by atoms with Gasteiger partial charge in [0.2, 0.25) is 0 Å². The van der Waals surface area contributed by atoms with Crippen molar-refractivity contribution in [1.82, 2.24) is 0 Å². The molecular formula is C38H52O10. The molecule has 0 radical (unpaired) electrons. The molecule has 48 heavy (non-hydrogen) atoms. The molecule has 2 aromatic carbocycles. The number of benzene rings is 2. The largest absolute Gasteiger partial charge is 0.396 e. The molecule has 0 aliphatic carbocycles. The smallest absolute Gasteiger partial charge is 0.161 e. The van der Waals surface area contributed by atoms with Crippen molar-refractivity contribution >= 4 is 5.78 Å². The van der Waals surface area contributed by atoms with Crippen LogP contribution in [0, 0.1) is 0 Å². The van der Waals surface area contributed by atoms with Gasteiger partial charge in [-0.2, -0.15) is 0 Å². The third kappa shape index (κ3) is 7.72. The number of ether oxygens (including phenoxy) is 6. The van der Waals surface area contributed by atoms with Gasteiger partial charge in [0.1, 0.15) is 17.8 Å². The number of carbonyl (C=O) groups is 1. The zero-order valence-corrected chi connectivity index (χ0v) is 28.4. The lowest BCUT2D eigenvalue weighted by atomic mass is 9.78. The number of Topliss-reactive ketones (excluding diaryl/α,β-unsaturated/α-hetero) is 1. The standard InChI is InChI=1S/C38H52O10/c1-36(16-17-39)32(41)21-34-37(2,48-36)15-14-28(40)29(46-34)18-27-19-33(42)38(3)35(45-27)20-30(44-23-26-12-8-5-9-13-26)31(47-38)24-43-22-25-10-6-4-7-11-25/h4-13,27,29-35,39,41-42H,14-24H2,1-3H3/t27-,29-,30-,31+,32+,33-,34-,35?,36-,37+,38-/m1/s1. The maximum absolute atomic E-state index is 13.4. The van der Waals surface area contributed by atoms with Gasteiger partial charge < -0.3 is 43.7 Å². The van der Waals surface area contributed by atoms with Crippen molar-refractivity contribution in [3.63, 3.8) is 0 Å². The number of fused-ring (bicyclic) bond motifs is 2. The van der Waals surface area contributed by atoms with E-state index in [1.54, 1.807) is 6.92 Å². The first-order chi connectivity index (χ1) is 23.0. The Morgan fingerprint density at radius 2 is 1.54 bits per heavy atom. The van der Waals surface area contributed by atoms with E-state index in [-0.39, 0.29) is 37.8 Å². The van der Waals surface area contributed by atoms with Crippen molar-refractivity contribution in [3.8, 4) is 0 Å². The lowest BCUT2D eigenvalue weighted by Crippen LogP contribution is -2.66. The molecule has 4 fully saturated rings. The topological polar surface area (TPSA) is 133 Å². The maximum Gasteiger partial charge on any atom is 0.161 e. The fraction of sp³-hybridized carbons (Fsp3) is 0.658. The second kappa shape index (κ2) is 14.9. The Morgan fingerprint density at radius 3 is 2.23 bits per heavy atom. The van der Waals surface area contributed by atoms with Gasteiger partial charge in [-0.1, -0.05) is 60.7 Å². The maximum atomic E-state index is 13.4. The van der Waals surface area contributed by atoms with E-state index in [0.29, 0.717) is 45.5 Å². The Kier molecular flexibility index (Phi) is 11.1. The molecular weight excluding hydrogens is 616 g/mol. The zero-order valence-electron chi connectivity index (χ0n) is 28.4. The van der Waals surface area contributed by atoms with E-state index in [4.69, 9.17) is 28.4 Å². The molecule has 1 unspecified atom stereocenters. The fourth-order valence-electron chi connectivity index (χ4n) is 7.89. The molecule has 3 N–H and O–H groups in total. The summed E-state index contributed by atoms with van der Waals surface area (Å²) in [5.41, 5.74) is -0.585. The van der Waals surface area contributed by atoms with Crippen molar-refractivity contribution in [2.75, 3.05) is 13.2 Å². The summed E-state index contributed by atoms with van der Waals surface area (Å²) in [6.45, 7) is 6.64. The molecule has 0 aromatic heterocycles. The van der Waals surface area contributed by atoms with Crippen molar-refractivity contribution in [2.45, 2.75) is 145 Å². The van der Waals surface area contributed by atoms with E-state index in [9.17, 15) is 20.1 Å². The molecule has 0 spiro atoms. The summed E-state index contributed by atoms with van der Waals surface area (Å²) in [5, 5.41) is 32.1. The molecule has 10 heteroatoms. The Labute approximate surface area is 283 Å². The summed E-state index contributed by atoms with van der Waals surface area (Å²) in [4.78, 5) is 13.4. The van der Waals surface area contributed by atoms with Crippen LogP contribution in [-0.4, -0.2) is 100.0 Å². The highest BCUT2D eigenvalue weighted by atomic mass is 16.6. The molecule has 0 amide bonds. The quantitative estimate of drug-likeness (QED) is 0.322. The van der Waals surface area contributed by atoms with Crippen LogP contribution in [0.1, 0.15) is 76.8 Å². The van der Waals surface area contributed by atoms with Gasteiger partial charge in [0.15, 0.2) is 5.78 Å². The lowest BCUT2D eigenvalue weighted by Gasteiger charge is -2.54. The van der Waals surface area contributed by atoms with Gasteiger partial charge in [0.25, 0.3) is 0 Å². The van der Waals surface area contributed by atoms with Gasteiger partial charge in [-0.25, -0.2) is 0 Å². The molecule has 264 valence electrons. The average molecular weight is 669 g/mol. The highest BCUT2D eigenvalue weighted by Crippen LogP contribution is 2.46. The van der Waals surface area contributed by atoms with Crippen molar-refractivity contribution < 1.29 is 48.5 Å². The summed E-state index contributed by atoms with van der Waals surface area (Å²) in [5.74, 6) is -0.0430. The number of carbonyl (C=O) groups excluding carboxylic acids is 1. The van der Waals surface area contributed by atoms with E-state index in [2.05, 4.69) is 0 Å². The summed E-state index contributed by atoms with van der Waals surface area (Å²) in [6.07, 6.45) is -2.31. The molecule has 4 aliphatic heterocycles. The van der Waals surface area contributed by atoms with Crippen LogP contribution in [0.2, 0.25) is 0 Å². The van der Waals surface area contributed by atoms with E-state index in [0.717, 1.165) is 11.1 Å². The predicted molar refractivity (Wildman–Crippen MR) is 176 cm³/mol. The molecule has 4 aliphatic rings. The minimum atomic E-state index is -0.991. The first kappa shape index (κ1) is 35.6. The first-order valence-corrected chi connectivity index (χ1v) is 17.5. The van der Waals surface area contributed by atoms with Crippen LogP contribution in [0.4, 0.5) is 0 Å². The molecule has 4 heterocycles. The SMILES string of the molecule is C[C@]1(CCO)O[C@@]2(C)CCC(=O)[C@@H](C[C@@H]3C[C@@H](O)[C@@]4(C)O[C@@H](COCc5ccccc5)[C@H](OCc5ccccc5)CC4O3)O[C@@H]2C[C@@H]1O. The van der Waals surface area contributed by atoms with Gasteiger partial charge >= 0.3 is 0 Å². The van der Waals surface area contributed by atoms with Crippen molar-refractivity contribution in [1.29, 1.82) is 0 Å². The highest BCUT2D eigenvalue weighted by molar-refractivity contribution is 5.83. The number of hydrogen-bond donors (Lipinski definition) is 3. The minimum absolute atomic E-state index is 0.0430. The van der Waals surface area contributed by atoms with Crippen molar-refractivity contribution in [2.24, 2.45) is 0 Å². The Bertz CT molecular complexity index is 1340. The monoisotopic (exact) mass is 668 g/mol. The molecule has 10 nitrogen and oxygen atoms in total. The Balaban J connectivity index is 1.13. The molecule has 0 bridgehead atoms. The number of rotatable bonds is 11. The summed E-state index contributed by atoms with van der Waals surface area (Å²) >= 11 is 0. The number of ketones is 1. The molecule has 11 atom stereocenters. The fourth-order valence-corrected chi connectivity index (χ4v) is 7.89. The van der Waals surface area contributed by atoms with Crippen LogP contribution in [0.25, 0.3) is 0 Å². The molecule has 0 saturated carbocycles. The average Bonchev–Trinajstić information content (AvgIpc) is 3.17. The lowest BCUT2D eigenvalue weighted by molar-refractivity contribution is -0.312. The zero-order chi connectivity index (χ0) is 33.9. The van der Waals surface area contributed by atoms with Crippen LogP contribution in [-0.2, 0) is 46.4 Å². The molecule has 6 rings (SSSR count). The second-order valence-corrected chi connectivity index (χ2v) is 14.7. The van der Waals surface area contributed by atoms with Gasteiger partial charge in [-0.05, 0) is 38.3 Å². The number of hydrogen-bond acceptors (Lipinski definition) is 10. The summed E-state index contributed by atoms with van der Waals surface area (Å²) < 4.78 is 38.7. The third-order valence-electron chi connectivity index (χ3n) is 11.0. The predicted octanol–water partition coefficient (Wildman–Crippen LogP) is 4.04. The first-order valence-electron chi connectivity index (χ1n) is 17.5. The Morgan fingerprint density at radius 1 is 0.854 bits per heavy atom. The normalized spacial score (nSPS) is 40.1. The van der Waals surface area contributed by atoms with Crippen LogP contribution in [0.3, 0.4) is 0 Å². The van der Waals surface area contributed by atoms with Crippen molar-refractivity contribution in [3.05, 3.63) is 71.8 Å². The summed E-state index contributed by atoms with van der Waals surface area (Å²) in [7, 11) is 0. The van der Waals surface area contributed by atoms with Gasteiger partial charge in [-0.3, -0.25) is 4.79 Å². The minimum Gasteiger partial charge on any atom is -0.396 e. The van der Waals surface area contributed by atoms with Crippen LogP contribution < -0.4 is 0 Å². The van der Waals surface area contributed by atoms with Crippen LogP contribution >= 0.6 is 0 Å². The van der Waals surface area contributed by atoms with E-state index < -0.39 is 59.5 Å². The van der Waals surface area contributed by atoms with Gasteiger partial charge in [-0.15, -0.1) is 0 Å². The Hall–Kier alpha value is -2.25. The number of aliphatic hydroxyl groups excluding tert-OH is 3. The van der Waals surface area contributed by atoms with E-state index >= 15 is 0 Å². The van der Waals surface area contributed by atoms with E-state index in [1.807, 2.05) is 74.5 Å². The summed E-state index contributed by atoms with van der Waals surface area (Å²) in [6, 6.07) is 19.9. The van der Waals surface area contributed by atoms with Gasteiger partial charge in [0.05, 0.1) is 67.6 Å². The van der Waals surface area contributed by atoms with Crippen LogP contribution in [0.5, 0.6) is 0 Å².